The summed E-state index contributed by atoms with van der Waals surface area (Å²) in [7, 11) is 0. The van der Waals surface area contributed by atoms with Gasteiger partial charge in [0.2, 0.25) is 0 Å². The van der Waals surface area contributed by atoms with Gasteiger partial charge in [-0.15, -0.1) is 45.3 Å². The summed E-state index contributed by atoms with van der Waals surface area (Å²) in [6.45, 7) is 2.22. The molecule has 0 N–H and O–H groups in total. The maximum atomic E-state index is 2.26. The molecule has 0 amide bonds. The monoisotopic (exact) mass is 358 g/mol. The van der Waals surface area contributed by atoms with Gasteiger partial charge in [0.05, 0.1) is 0 Å². The lowest BCUT2D eigenvalue weighted by atomic mass is 10.3. The van der Waals surface area contributed by atoms with Crippen molar-refractivity contribution in [1.29, 1.82) is 0 Å². The van der Waals surface area contributed by atoms with Crippen molar-refractivity contribution < 1.29 is 0 Å². The zero-order chi connectivity index (χ0) is 14.9. The minimum Gasteiger partial charge on any atom is -0.143 e. The van der Waals surface area contributed by atoms with Crippen molar-refractivity contribution in [3.8, 4) is 29.3 Å². The molecule has 0 atom stereocenters. The Labute approximate surface area is 146 Å². The van der Waals surface area contributed by atoms with Gasteiger partial charge in [0.25, 0.3) is 0 Å². The summed E-state index contributed by atoms with van der Waals surface area (Å²) in [6, 6.07) is 17.8. The molecule has 4 aromatic rings. The minimum absolute atomic E-state index is 1.12. The van der Waals surface area contributed by atoms with Gasteiger partial charge >= 0.3 is 0 Å². The highest BCUT2D eigenvalue weighted by molar-refractivity contribution is 7.28. The molecule has 0 aliphatic rings. The van der Waals surface area contributed by atoms with Gasteiger partial charge in [-0.3, -0.25) is 0 Å². The second-order valence-corrected chi connectivity index (χ2v) is 9.21. The third-order valence-corrected chi connectivity index (χ3v) is 8.33. The van der Waals surface area contributed by atoms with E-state index in [0.717, 1.165) is 6.42 Å². The number of thiophene rings is 4. The predicted molar refractivity (Wildman–Crippen MR) is 104 cm³/mol. The van der Waals surface area contributed by atoms with Crippen LogP contribution in [0.4, 0.5) is 0 Å². The molecule has 0 unspecified atom stereocenters. The van der Waals surface area contributed by atoms with Gasteiger partial charge in [0.1, 0.15) is 0 Å². The Balaban J connectivity index is 1.64. The van der Waals surface area contributed by atoms with Gasteiger partial charge in [-0.1, -0.05) is 13.0 Å². The summed E-state index contributed by atoms with van der Waals surface area (Å²) in [4.78, 5) is 9.69. The second-order valence-electron chi connectivity index (χ2n) is 4.92. The first-order valence-electron chi connectivity index (χ1n) is 7.16. The van der Waals surface area contributed by atoms with Crippen LogP contribution in [0.2, 0.25) is 0 Å². The quantitative estimate of drug-likeness (QED) is 0.354. The van der Waals surface area contributed by atoms with Crippen molar-refractivity contribution in [2.45, 2.75) is 13.3 Å². The van der Waals surface area contributed by atoms with Crippen LogP contribution in [0.15, 0.2) is 53.9 Å². The van der Waals surface area contributed by atoms with Crippen molar-refractivity contribution in [2.75, 3.05) is 0 Å². The van der Waals surface area contributed by atoms with Gasteiger partial charge in [-0.25, -0.2) is 0 Å². The molecule has 0 aliphatic heterocycles. The van der Waals surface area contributed by atoms with Crippen LogP contribution in [0.1, 0.15) is 11.8 Å². The fourth-order valence-corrected chi connectivity index (χ4v) is 6.30. The normalized spacial score (nSPS) is 11.1. The molecule has 4 heteroatoms. The van der Waals surface area contributed by atoms with Gasteiger partial charge < -0.3 is 0 Å². The van der Waals surface area contributed by atoms with Crippen molar-refractivity contribution in [1.82, 2.24) is 0 Å². The first-order chi connectivity index (χ1) is 10.8. The van der Waals surface area contributed by atoms with Crippen LogP contribution in [0, 0.1) is 0 Å². The Morgan fingerprint density at radius 3 is 1.68 bits per heavy atom. The standard InChI is InChI=1S/C18H14S4/c1-2-12-5-6-15(20-12)16-9-10-18(22-16)17-8-7-14(21-17)13-4-3-11-19-13/h3-11H,2H2,1H3. The van der Waals surface area contributed by atoms with Crippen molar-refractivity contribution in [3.63, 3.8) is 0 Å². The van der Waals surface area contributed by atoms with E-state index in [-0.39, 0.29) is 0 Å². The first-order valence-corrected chi connectivity index (χ1v) is 10.5. The number of hydrogen-bond donors (Lipinski definition) is 0. The molecule has 4 rings (SSSR count). The fraction of sp³-hybridized carbons (Fsp3) is 0.111. The Morgan fingerprint density at radius 2 is 1.18 bits per heavy atom. The van der Waals surface area contributed by atoms with E-state index >= 15 is 0 Å². The van der Waals surface area contributed by atoms with Crippen LogP contribution in [-0.2, 0) is 6.42 Å². The third-order valence-electron chi connectivity index (χ3n) is 3.47. The van der Waals surface area contributed by atoms with Gasteiger partial charge in [-0.05, 0) is 54.3 Å². The smallest absolute Gasteiger partial charge is 0.0449 e. The first kappa shape index (κ1) is 14.4. The van der Waals surface area contributed by atoms with E-state index in [9.17, 15) is 0 Å². The minimum atomic E-state index is 1.12. The van der Waals surface area contributed by atoms with E-state index < -0.39 is 0 Å². The second kappa shape index (κ2) is 6.13. The lowest BCUT2D eigenvalue weighted by Crippen LogP contribution is -1.63. The predicted octanol–water partition coefficient (Wildman–Crippen LogP) is 7.50. The summed E-state index contributed by atoms with van der Waals surface area (Å²) in [6.07, 6.45) is 1.12. The van der Waals surface area contributed by atoms with Crippen LogP contribution in [0.3, 0.4) is 0 Å². The van der Waals surface area contributed by atoms with Gasteiger partial charge in [0, 0.05) is 34.1 Å². The van der Waals surface area contributed by atoms with Crippen LogP contribution >= 0.6 is 45.3 Å². The van der Waals surface area contributed by atoms with E-state index in [2.05, 4.69) is 60.8 Å². The molecule has 0 radical (unpaired) electrons. The highest BCUT2D eigenvalue weighted by atomic mass is 32.1. The molecule has 4 heterocycles. The van der Waals surface area contributed by atoms with Crippen LogP contribution in [-0.4, -0.2) is 0 Å². The SMILES string of the molecule is CCc1ccc(-c2ccc(-c3ccc(-c4cccs4)s3)s2)s1. The molecule has 110 valence electrons. The Bertz CT molecular complexity index is 874. The molecule has 22 heavy (non-hydrogen) atoms. The van der Waals surface area contributed by atoms with E-state index in [1.54, 1.807) is 0 Å². The molecule has 0 fully saturated rings. The maximum Gasteiger partial charge on any atom is 0.0449 e. The Morgan fingerprint density at radius 1 is 0.636 bits per heavy atom. The average Bonchev–Trinajstić information content (AvgIpc) is 3.33. The molecule has 0 aliphatic carbocycles. The van der Waals surface area contributed by atoms with Crippen molar-refractivity contribution >= 4 is 45.3 Å². The maximum absolute atomic E-state index is 2.26. The lowest BCUT2D eigenvalue weighted by molar-refractivity contribution is 1.19. The fourth-order valence-electron chi connectivity index (χ4n) is 2.32. The highest BCUT2D eigenvalue weighted by Gasteiger charge is 2.10. The number of hydrogen-bond acceptors (Lipinski definition) is 4. The van der Waals surface area contributed by atoms with E-state index in [1.165, 1.54) is 34.1 Å². The van der Waals surface area contributed by atoms with Crippen LogP contribution in [0.5, 0.6) is 0 Å². The lowest BCUT2D eigenvalue weighted by Gasteiger charge is -1.92. The highest BCUT2D eigenvalue weighted by Crippen LogP contribution is 2.42. The topological polar surface area (TPSA) is 0 Å². The summed E-state index contributed by atoms with van der Waals surface area (Å²) in [5, 5.41) is 2.14. The molecule has 4 aromatic heterocycles. The van der Waals surface area contributed by atoms with Gasteiger partial charge in [0.15, 0.2) is 0 Å². The Hall–Kier alpha value is -1.20. The molecule has 0 saturated carbocycles. The van der Waals surface area contributed by atoms with Crippen molar-refractivity contribution in [3.05, 3.63) is 58.8 Å². The number of rotatable bonds is 4. The molecular weight excluding hydrogens is 344 g/mol. The molecule has 0 spiro atoms. The zero-order valence-corrected chi connectivity index (χ0v) is 15.3. The molecule has 0 saturated heterocycles. The summed E-state index contributed by atoms with van der Waals surface area (Å²) >= 11 is 7.50. The average molecular weight is 359 g/mol. The summed E-state index contributed by atoms with van der Waals surface area (Å²) in [5.41, 5.74) is 0. The zero-order valence-electron chi connectivity index (χ0n) is 12.0. The van der Waals surface area contributed by atoms with Crippen LogP contribution < -0.4 is 0 Å². The van der Waals surface area contributed by atoms with Gasteiger partial charge in [-0.2, -0.15) is 0 Å². The van der Waals surface area contributed by atoms with E-state index in [1.807, 2.05) is 45.3 Å². The van der Waals surface area contributed by atoms with Crippen molar-refractivity contribution in [2.24, 2.45) is 0 Å². The Kier molecular flexibility index (Phi) is 4.01. The number of aryl methyl sites for hydroxylation is 1. The van der Waals surface area contributed by atoms with E-state index in [4.69, 9.17) is 0 Å². The largest absolute Gasteiger partial charge is 0.143 e. The van der Waals surface area contributed by atoms with E-state index in [0.29, 0.717) is 0 Å². The molecular formula is C18H14S4. The summed E-state index contributed by atoms with van der Waals surface area (Å²) in [5.74, 6) is 0. The molecule has 0 bridgehead atoms. The third kappa shape index (κ3) is 2.72. The summed E-state index contributed by atoms with van der Waals surface area (Å²) < 4.78 is 0. The molecule has 0 aromatic carbocycles. The van der Waals surface area contributed by atoms with Crippen LogP contribution in [0.25, 0.3) is 29.3 Å². The molecule has 0 nitrogen and oxygen atoms in total.